The minimum absolute atomic E-state index is 0.104. The fourth-order valence-corrected chi connectivity index (χ4v) is 2.08. The van der Waals surface area contributed by atoms with Crippen molar-refractivity contribution in [2.24, 2.45) is 0 Å². The lowest BCUT2D eigenvalue weighted by molar-refractivity contribution is 0.0516. The maximum absolute atomic E-state index is 12.8. The molecule has 0 aliphatic carbocycles. The van der Waals surface area contributed by atoms with Gasteiger partial charge >= 0.3 is 0 Å². The quantitative estimate of drug-likeness (QED) is 0.638. The van der Waals surface area contributed by atoms with Crippen molar-refractivity contribution in [3.63, 3.8) is 0 Å². The maximum Gasteiger partial charge on any atom is 0.103 e. The van der Waals surface area contributed by atoms with E-state index in [9.17, 15) is 9.50 Å². The molecule has 13 heavy (non-hydrogen) atoms. The summed E-state index contributed by atoms with van der Waals surface area (Å²) in [6.45, 7) is 2.54. The fourth-order valence-electron chi connectivity index (χ4n) is 2.08. The van der Waals surface area contributed by atoms with Gasteiger partial charge in [0.1, 0.15) is 6.17 Å². The molecule has 2 atom stereocenters. The van der Waals surface area contributed by atoms with Gasteiger partial charge in [-0.05, 0) is 12.8 Å². The van der Waals surface area contributed by atoms with E-state index >= 15 is 0 Å². The Bertz CT molecular complexity index is 171. The first-order valence-electron chi connectivity index (χ1n) is 4.91. The summed E-state index contributed by atoms with van der Waals surface area (Å²) >= 11 is 0. The molecule has 2 fully saturated rings. The topological polar surface area (TPSA) is 32.7 Å². The van der Waals surface area contributed by atoms with E-state index in [1.54, 1.807) is 0 Å². The Hall–Kier alpha value is -0.190. The smallest absolute Gasteiger partial charge is 0.103 e. The van der Waals surface area contributed by atoms with Gasteiger partial charge < -0.3 is 9.84 Å². The van der Waals surface area contributed by atoms with Crippen LogP contribution in [0.2, 0.25) is 0 Å². The van der Waals surface area contributed by atoms with Crippen molar-refractivity contribution in [2.75, 3.05) is 26.3 Å². The number of likely N-dealkylation sites (tertiary alicyclic amines) is 1. The van der Waals surface area contributed by atoms with Gasteiger partial charge in [0.05, 0.1) is 25.4 Å². The fraction of sp³-hybridized carbons (Fsp3) is 1.00. The highest BCUT2D eigenvalue weighted by Gasteiger charge is 2.33. The summed E-state index contributed by atoms with van der Waals surface area (Å²) in [5, 5.41) is 9.55. The molecule has 0 unspecified atom stereocenters. The van der Waals surface area contributed by atoms with Gasteiger partial charge in [-0.1, -0.05) is 0 Å². The zero-order valence-corrected chi connectivity index (χ0v) is 7.66. The Balaban J connectivity index is 1.86. The third-order valence-corrected chi connectivity index (χ3v) is 2.95. The zero-order chi connectivity index (χ0) is 9.26. The largest absolute Gasteiger partial charge is 0.389 e. The molecule has 0 aromatic rings. The van der Waals surface area contributed by atoms with Crippen LogP contribution >= 0.6 is 0 Å². The molecule has 0 spiro atoms. The molecule has 76 valence electrons. The highest BCUT2D eigenvalue weighted by molar-refractivity contribution is 4.86. The van der Waals surface area contributed by atoms with Crippen LogP contribution in [0, 0.1) is 0 Å². The molecule has 2 saturated heterocycles. The SMILES string of the molecule is O[C@@H]1COC[C@H]1N1CCC(F)CC1. The van der Waals surface area contributed by atoms with E-state index in [4.69, 9.17) is 4.74 Å². The van der Waals surface area contributed by atoms with Crippen LogP contribution in [-0.4, -0.2) is 54.6 Å². The summed E-state index contributed by atoms with van der Waals surface area (Å²) < 4.78 is 18.0. The molecule has 0 aromatic carbocycles. The van der Waals surface area contributed by atoms with Crippen molar-refractivity contribution < 1.29 is 14.2 Å². The number of piperidine rings is 1. The standard InChI is InChI=1S/C9H16FNO2/c10-7-1-3-11(4-2-7)8-5-13-6-9(8)12/h7-9,12H,1-6H2/t8-,9-/m1/s1. The van der Waals surface area contributed by atoms with Gasteiger partial charge in [-0.15, -0.1) is 0 Å². The van der Waals surface area contributed by atoms with Gasteiger partial charge in [-0.25, -0.2) is 4.39 Å². The predicted molar refractivity (Wildman–Crippen MR) is 46.3 cm³/mol. The monoisotopic (exact) mass is 189 g/mol. The molecule has 0 saturated carbocycles. The summed E-state index contributed by atoms with van der Waals surface area (Å²) in [7, 11) is 0. The third kappa shape index (κ3) is 2.00. The second-order valence-electron chi connectivity index (χ2n) is 3.88. The number of nitrogens with zero attached hydrogens (tertiary/aromatic N) is 1. The highest BCUT2D eigenvalue weighted by Crippen LogP contribution is 2.20. The Morgan fingerprint density at radius 2 is 1.92 bits per heavy atom. The first-order chi connectivity index (χ1) is 6.27. The maximum atomic E-state index is 12.8. The summed E-state index contributed by atoms with van der Waals surface area (Å²) in [5.41, 5.74) is 0. The van der Waals surface area contributed by atoms with Crippen LogP contribution in [0.5, 0.6) is 0 Å². The summed E-state index contributed by atoms with van der Waals surface area (Å²) in [6, 6.07) is 0.104. The lowest BCUT2D eigenvalue weighted by atomic mass is 10.1. The van der Waals surface area contributed by atoms with E-state index < -0.39 is 6.17 Å². The van der Waals surface area contributed by atoms with Crippen molar-refractivity contribution in [1.82, 2.24) is 4.90 Å². The van der Waals surface area contributed by atoms with Crippen molar-refractivity contribution in [3.05, 3.63) is 0 Å². The Morgan fingerprint density at radius 1 is 1.23 bits per heavy atom. The van der Waals surface area contributed by atoms with Gasteiger partial charge in [0.2, 0.25) is 0 Å². The van der Waals surface area contributed by atoms with Crippen LogP contribution in [0.25, 0.3) is 0 Å². The van der Waals surface area contributed by atoms with Crippen molar-refractivity contribution in [3.8, 4) is 0 Å². The van der Waals surface area contributed by atoms with Crippen molar-refractivity contribution >= 4 is 0 Å². The number of ether oxygens (including phenoxy) is 1. The molecule has 2 rings (SSSR count). The van der Waals surface area contributed by atoms with Gasteiger partial charge in [0.25, 0.3) is 0 Å². The molecular formula is C9H16FNO2. The van der Waals surface area contributed by atoms with Gasteiger partial charge in [0, 0.05) is 13.1 Å². The average Bonchev–Trinajstić information content (AvgIpc) is 2.53. The molecule has 2 aliphatic heterocycles. The van der Waals surface area contributed by atoms with Crippen LogP contribution in [0.4, 0.5) is 4.39 Å². The van der Waals surface area contributed by atoms with E-state index in [0.29, 0.717) is 26.1 Å². The molecule has 0 bridgehead atoms. The Morgan fingerprint density at radius 3 is 2.46 bits per heavy atom. The molecule has 0 radical (unpaired) electrons. The molecule has 0 amide bonds. The van der Waals surface area contributed by atoms with Crippen LogP contribution in [-0.2, 0) is 4.74 Å². The summed E-state index contributed by atoms with van der Waals surface area (Å²) in [6.07, 6.45) is 0.179. The van der Waals surface area contributed by atoms with Crippen molar-refractivity contribution in [2.45, 2.75) is 31.2 Å². The number of hydrogen-bond acceptors (Lipinski definition) is 3. The second-order valence-corrected chi connectivity index (χ2v) is 3.88. The molecule has 1 N–H and O–H groups in total. The molecule has 4 heteroatoms. The number of rotatable bonds is 1. The second kappa shape index (κ2) is 3.90. The number of aliphatic hydroxyl groups is 1. The lowest BCUT2D eigenvalue weighted by Gasteiger charge is -2.34. The predicted octanol–water partition coefficient (Wildman–Crippen LogP) is 0.180. The molecule has 3 nitrogen and oxygen atoms in total. The van der Waals surface area contributed by atoms with Crippen molar-refractivity contribution in [1.29, 1.82) is 0 Å². The molecule has 0 aromatic heterocycles. The average molecular weight is 189 g/mol. The van der Waals surface area contributed by atoms with E-state index in [1.165, 1.54) is 0 Å². The Kier molecular flexibility index (Phi) is 2.81. The first-order valence-corrected chi connectivity index (χ1v) is 4.91. The van der Waals surface area contributed by atoms with Crippen LogP contribution in [0.3, 0.4) is 0 Å². The first kappa shape index (κ1) is 9.37. The van der Waals surface area contributed by atoms with Crippen LogP contribution in [0.1, 0.15) is 12.8 Å². The number of hydrogen-bond donors (Lipinski definition) is 1. The number of aliphatic hydroxyl groups excluding tert-OH is 1. The normalized spacial score (nSPS) is 38.3. The molecular weight excluding hydrogens is 173 g/mol. The van der Waals surface area contributed by atoms with E-state index in [1.807, 2.05) is 0 Å². The summed E-state index contributed by atoms with van der Waals surface area (Å²) in [5.74, 6) is 0. The lowest BCUT2D eigenvalue weighted by Crippen LogP contribution is -2.47. The van der Waals surface area contributed by atoms with Crippen LogP contribution in [0.15, 0.2) is 0 Å². The zero-order valence-electron chi connectivity index (χ0n) is 7.66. The van der Waals surface area contributed by atoms with E-state index in [2.05, 4.69) is 4.90 Å². The Labute approximate surface area is 77.5 Å². The van der Waals surface area contributed by atoms with Gasteiger partial charge in [0.15, 0.2) is 0 Å². The number of alkyl halides is 1. The van der Waals surface area contributed by atoms with E-state index in [-0.39, 0.29) is 12.1 Å². The molecule has 2 aliphatic rings. The van der Waals surface area contributed by atoms with Gasteiger partial charge in [-0.3, -0.25) is 4.90 Å². The minimum atomic E-state index is -0.643. The number of halogens is 1. The molecule has 2 heterocycles. The van der Waals surface area contributed by atoms with Crippen LogP contribution < -0.4 is 0 Å². The summed E-state index contributed by atoms with van der Waals surface area (Å²) in [4.78, 5) is 2.15. The minimum Gasteiger partial charge on any atom is -0.389 e. The highest BCUT2D eigenvalue weighted by atomic mass is 19.1. The third-order valence-electron chi connectivity index (χ3n) is 2.95. The van der Waals surface area contributed by atoms with Gasteiger partial charge in [-0.2, -0.15) is 0 Å². The van der Waals surface area contributed by atoms with E-state index in [0.717, 1.165) is 13.1 Å².